The molecule has 1 saturated heterocycles. The fourth-order valence-electron chi connectivity index (χ4n) is 3.07. The van der Waals surface area contributed by atoms with Crippen molar-refractivity contribution in [3.8, 4) is 0 Å². The zero-order valence-corrected chi connectivity index (χ0v) is 14.8. The second kappa shape index (κ2) is 8.83. The van der Waals surface area contributed by atoms with Crippen LogP contribution in [-0.4, -0.2) is 36.4 Å². The van der Waals surface area contributed by atoms with E-state index in [1.165, 1.54) is 19.3 Å². The van der Waals surface area contributed by atoms with Gasteiger partial charge in [-0.2, -0.15) is 0 Å². The molecule has 6 heteroatoms. The predicted molar refractivity (Wildman–Crippen MR) is 97.1 cm³/mol. The van der Waals surface area contributed by atoms with Crippen molar-refractivity contribution in [1.82, 2.24) is 15.6 Å². The molecule has 1 aliphatic heterocycles. The van der Waals surface area contributed by atoms with Crippen LogP contribution in [-0.2, 0) is 16.1 Å². The van der Waals surface area contributed by atoms with E-state index >= 15 is 0 Å². The van der Waals surface area contributed by atoms with Gasteiger partial charge in [-0.3, -0.25) is 9.59 Å². The molecule has 25 heavy (non-hydrogen) atoms. The molecule has 0 aromatic carbocycles. The van der Waals surface area contributed by atoms with Crippen molar-refractivity contribution < 1.29 is 9.59 Å². The summed E-state index contributed by atoms with van der Waals surface area (Å²) in [5.74, 6) is 1.41. The van der Waals surface area contributed by atoms with Crippen LogP contribution in [0.15, 0.2) is 18.3 Å². The highest BCUT2D eigenvalue weighted by atomic mass is 16.2. The van der Waals surface area contributed by atoms with Crippen molar-refractivity contribution in [3.63, 3.8) is 0 Å². The third kappa shape index (κ3) is 5.73. The lowest BCUT2D eigenvalue weighted by Gasteiger charge is -2.27. The molecule has 1 aromatic rings. The summed E-state index contributed by atoms with van der Waals surface area (Å²) in [4.78, 5) is 30.2. The number of anilines is 1. The number of carbonyl (C=O) groups is 2. The van der Waals surface area contributed by atoms with Crippen LogP contribution in [0.1, 0.15) is 50.5 Å². The molecular weight excluding hydrogens is 316 g/mol. The summed E-state index contributed by atoms with van der Waals surface area (Å²) in [5, 5.41) is 5.79. The van der Waals surface area contributed by atoms with Crippen molar-refractivity contribution in [2.75, 3.05) is 24.5 Å². The van der Waals surface area contributed by atoms with E-state index in [9.17, 15) is 9.59 Å². The average Bonchev–Trinajstić information content (AvgIpc) is 3.50. The quantitative estimate of drug-likeness (QED) is 0.707. The molecule has 2 N–H and O–H groups in total. The molecule has 0 atom stereocenters. The number of hydrogen-bond donors (Lipinski definition) is 2. The van der Waals surface area contributed by atoms with Crippen molar-refractivity contribution in [2.24, 2.45) is 5.92 Å². The molecule has 3 rings (SSSR count). The lowest BCUT2D eigenvalue weighted by Crippen LogP contribution is -2.30. The first-order chi connectivity index (χ1) is 12.2. The SMILES string of the molecule is O=C(CCCNC(=O)C1CC1)NCc1ccc(N2CCCCC2)nc1. The van der Waals surface area contributed by atoms with E-state index in [0.717, 1.165) is 37.3 Å². The lowest BCUT2D eigenvalue weighted by atomic mass is 10.1. The molecule has 1 aliphatic carbocycles. The normalized spacial score (nSPS) is 17.2. The molecule has 0 radical (unpaired) electrons. The first-order valence-electron chi connectivity index (χ1n) is 9.46. The van der Waals surface area contributed by atoms with Gasteiger partial charge < -0.3 is 15.5 Å². The van der Waals surface area contributed by atoms with Crippen molar-refractivity contribution in [1.29, 1.82) is 0 Å². The zero-order valence-electron chi connectivity index (χ0n) is 14.8. The number of nitrogens with zero attached hydrogens (tertiary/aromatic N) is 2. The summed E-state index contributed by atoms with van der Waals surface area (Å²) in [7, 11) is 0. The molecule has 2 amide bonds. The van der Waals surface area contributed by atoms with Gasteiger partial charge in [0.2, 0.25) is 11.8 Å². The summed E-state index contributed by atoms with van der Waals surface area (Å²) in [6, 6.07) is 4.08. The number of rotatable bonds is 8. The van der Waals surface area contributed by atoms with Gasteiger partial charge in [-0.05, 0) is 50.2 Å². The highest BCUT2D eigenvalue weighted by Crippen LogP contribution is 2.28. The van der Waals surface area contributed by atoms with Crippen LogP contribution in [0.2, 0.25) is 0 Å². The smallest absolute Gasteiger partial charge is 0.223 e. The first-order valence-corrected chi connectivity index (χ1v) is 9.46. The summed E-state index contributed by atoms with van der Waals surface area (Å²) < 4.78 is 0. The Hall–Kier alpha value is -2.11. The minimum atomic E-state index is 0.0146. The van der Waals surface area contributed by atoms with Gasteiger partial charge in [0, 0.05) is 44.7 Å². The summed E-state index contributed by atoms with van der Waals surface area (Å²) in [6.45, 7) is 3.25. The Morgan fingerprint density at radius 1 is 1.12 bits per heavy atom. The Morgan fingerprint density at radius 3 is 2.60 bits per heavy atom. The average molecular weight is 344 g/mol. The second-order valence-corrected chi connectivity index (χ2v) is 7.02. The lowest BCUT2D eigenvalue weighted by molar-refractivity contribution is -0.123. The summed E-state index contributed by atoms with van der Waals surface area (Å²) in [6.07, 6.45) is 8.76. The Labute approximate surface area is 149 Å². The highest BCUT2D eigenvalue weighted by Gasteiger charge is 2.28. The van der Waals surface area contributed by atoms with Gasteiger partial charge >= 0.3 is 0 Å². The van der Waals surface area contributed by atoms with E-state index in [-0.39, 0.29) is 17.7 Å². The molecule has 136 valence electrons. The van der Waals surface area contributed by atoms with E-state index < -0.39 is 0 Å². The first kappa shape index (κ1) is 17.7. The number of carbonyl (C=O) groups excluding carboxylic acids is 2. The van der Waals surface area contributed by atoms with Crippen LogP contribution < -0.4 is 15.5 Å². The minimum absolute atomic E-state index is 0.0146. The number of aromatic nitrogens is 1. The van der Waals surface area contributed by atoms with Crippen LogP contribution in [0.5, 0.6) is 0 Å². The molecule has 0 unspecified atom stereocenters. The topological polar surface area (TPSA) is 74.3 Å². The van der Waals surface area contributed by atoms with E-state index in [4.69, 9.17) is 0 Å². The molecule has 6 nitrogen and oxygen atoms in total. The molecule has 2 fully saturated rings. The predicted octanol–water partition coefficient (Wildman–Crippen LogP) is 1.99. The number of hydrogen-bond acceptors (Lipinski definition) is 4. The van der Waals surface area contributed by atoms with E-state index in [0.29, 0.717) is 25.9 Å². The van der Waals surface area contributed by atoms with E-state index in [2.05, 4.69) is 20.5 Å². The molecule has 0 spiro atoms. The Morgan fingerprint density at radius 2 is 1.92 bits per heavy atom. The summed E-state index contributed by atoms with van der Waals surface area (Å²) >= 11 is 0. The van der Waals surface area contributed by atoms with Gasteiger partial charge in [0.15, 0.2) is 0 Å². The number of nitrogens with one attached hydrogen (secondary N) is 2. The zero-order chi connectivity index (χ0) is 17.5. The Bertz CT molecular complexity index is 578. The standard InChI is InChI=1S/C19H28N4O2/c24-18(5-4-10-20-19(25)16-7-8-16)22-14-15-6-9-17(21-13-15)23-11-2-1-3-12-23/h6,9,13,16H,1-5,7-8,10-12,14H2,(H,20,25)(H,22,24). The number of piperidine rings is 1. The number of pyridine rings is 1. The van der Waals surface area contributed by atoms with Crippen LogP contribution in [0.25, 0.3) is 0 Å². The Kier molecular flexibility index (Phi) is 6.25. The van der Waals surface area contributed by atoms with E-state index in [1.54, 1.807) is 0 Å². The maximum absolute atomic E-state index is 11.9. The van der Waals surface area contributed by atoms with Crippen molar-refractivity contribution in [3.05, 3.63) is 23.9 Å². The fraction of sp³-hybridized carbons (Fsp3) is 0.632. The van der Waals surface area contributed by atoms with Gasteiger partial charge in [0.1, 0.15) is 5.82 Å². The van der Waals surface area contributed by atoms with Crippen molar-refractivity contribution >= 4 is 17.6 Å². The monoisotopic (exact) mass is 344 g/mol. The maximum atomic E-state index is 11.9. The number of amides is 2. The Balaban J connectivity index is 1.31. The third-order valence-electron chi connectivity index (χ3n) is 4.81. The van der Waals surface area contributed by atoms with Gasteiger partial charge in [0.25, 0.3) is 0 Å². The molecule has 1 saturated carbocycles. The molecule has 1 aromatic heterocycles. The highest BCUT2D eigenvalue weighted by molar-refractivity contribution is 5.81. The van der Waals surface area contributed by atoms with Crippen LogP contribution >= 0.6 is 0 Å². The van der Waals surface area contributed by atoms with Gasteiger partial charge in [-0.1, -0.05) is 6.07 Å². The fourth-order valence-corrected chi connectivity index (χ4v) is 3.07. The molecular formula is C19H28N4O2. The van der Waals surface area contributed by atoms with Crippen molar-refractivity contribution in [2.45, 2.75) is 51.5 Å². The van der Waals surface area contributed by atoms with Crippen LogP contribution in [0.3, 0.4) is 0 Å². The van der Waals surface area contributed by atoms with Gasteiger partial charge in [0.05, 0.1) is 0 Å². The largest absolute Gasteiger partial charge is 0.357 e. The van der Waals surface area contributed by atoms with Crippen LogP contribution in [0, 0.1) is 5.92 Å². The molecule has 2 aliphatic rings. The summed E-state index contributed by atoms with van der Waals surface area (Å²) in [5.41, 5.74) is 1.01. The van der Waals surface area contributed by atoms with Gasteiger partial charge in [-0.15, -0.1) is 0 Å². The second-order valence-electron chi connectivity index (χ2n) is 7.02. The molecule has 2 heterocycles. The minimum Gasteiger partial charge on any atom is -0.357 e. The maximum Gasteiger partial charge on any atom is 0.223 e. The third-order valence-corrected chi connectivity index (χ3v) is 4.81. The van der Waals surface area contributed by atoms with E-state index in [1.807, 2.05) is 18.3 Å². The van der Waals surface area contributed by atoms with Gasteiger partial charge in [-0.25, -0.2) is 4.98 Å². The van der Waals surface area contributed by atoms with Crippen LogP contribution in [0.4, 0.5) is 5.82 Å². The molecule has 0 bridgehead atoms.